The highest BCUT2D eigenvalue weighted by Crippen LogP contribution is 2.43. The van der Waals surface area contributed by atoms with E-state index in [1.165, 1.54) is 38.8 Å². The van der Waals surface area contributed by atoms with Crippen LogP contribution < -0.4 is 5.43 Å². The summed E-state index contributed by atoms with van der Waals surface area (Å²) in [4.78, 5) is 23.4. The topological polar surface area (TPSA) is 181 Å². The molecule has 22 heteroatoms. The van der Waals surface area contributed by atoms with Crippen molar-refractivity contribution in [2.75, 3.05) is 24.7 Å². The summed E-state index contributed by atoms with van der Waals surface area (Å²) in [6.07, 6.45) is -9.50. The number of carbonyl (C=O) groups is 2. The first-order valence-electron chi connectivity index (χ1n) is 15.5. The molecule has 3 aromatic rings. The van der Waals surface area contributed by atoms with Crippen LogP contribution in [0.2, 0.25) is 0 Å². The molecule has 1 aliphatic heterocycles. The number of nitrogens with one attached hydrogen (secondary N) is 1. The molecule has 2 heterocycles. The first-order chi connectivity index (χ1) is 24.0. The number of rotatable bonds is 10. The van der Waals surface area contributed by atoms with Crippen LogP contribution in [-0.2, 0) is 47.3 Å². The Kier molecular flexibility index (Phi) is 12.6. The van der Waals surface area contributed by atoms with Gasteiger partial charge in [-0.15, -0.1) is 5.10 Å². The summed E-state index contributed by atoms with van der Waals surface area (Å²) in [6, 6.07) is 5.46. The van der Waals surface area contributed by atoms with Crippen LogP contribution in [-0.4, -0.2) is 89.1 Å². The lowest BCUT2D eigenvalue weighted by molar-refractivity contribution is -0.148. The molecule has 0 bridgehead atoms. The molecular weight excluding hydrogens is 750 g/mol. The van der Waals surface area contributed by atoms with Gasteiger partial charge in [0.25, 0.3) is 0 Å². The third-order valence-corrected chi connectivity index (χ3v) is 11.4. The van der Waals surface area contributed by atoms with Crippen LogP contribution in [0.25, 0.3) is 5.69 Å². The number of likely N-dealkylation sites (N-methyl/N-ethyl adjacent to an activating group) is 1. The summed E-state index contributed by atoms with van der Waals surface area (Å²) in [7, 11) is -7.95. The van der Waals surface area contributed by atoms with Crippen molar-refractivity contribution in [3.8, 4) is 5.69 Å². The third kappa shape index (κ3) is 8.09. The number of hydrogen-bond donors (Lipinski definition) is 2. The highest BCUT2D eigenvalue weighted by atomic mass is 32.2. The van der Waals surface area contributed by atoms with Crippen molar-refractivity contribution >= 4 is 31.8 Å². The van der Waals surface area contributed by atoms with Gasteiger partial charge in [-0.2, -0.15) is 26.3 Å². The van der Waals surface area contributed by atoms with Gasteiger partial charge in [-0.05, 0) is 57.5 Å². The lowest BCUT2D eigenvalue weighted by Crippen LogP contribution is -2.55. The fourth-order valence-corrected chi connectivity index (χ4v) is 7.56. The normalized spacial score (nSPS) is 18.9. The number of ether oxygens (including phenoxy) is 1. The molecule has 2 unspecified atom stereocenters. The number of nitrogens with zero attached hydrogens (tertiary/aromatic N) is 5. The van der Waals surface area contributed by atoms with E-state index in [4.69, 9.17) is 4.74 Å². The maximum Gasteiger partial charge on any atom is 0.416 e. The summed E-state index contributed by atoms with van der Waals surface area (Å²) in [5.74, 6) is -3.11. The Bertz CT molecular complexity index is 2020. The van der Waals surface area contributed by atoms with E-state index >= 15 is 0 Å². The zero-order valence-electron chi connectivity index (χ0n) is 28.6. The highest BCUT2D eigenvalue weighted by Gasteiger charge is 2.60. The van der Waals surface area contributed by atoms with Gasteiger partial charge in [0.1, 0.15) is 0 Å². The maximum atomic E-state index is 13.5. The van der Waals surface area contributed by atoms with Crippen molar-refractivity contribution in [1.29, 1.82) is 0 Å². The Morgan fingerprint density at radius 2 is 1.58 bits per heavy atom. The van der Waals surface area contributed by atoms with Crippen molar-refractivity contribution in [3.63, 3.8) is 0 Å². The molecule has 288 valence electrons. The smallest absolute Gasteiger partial charge is 0.416 e. The number of benzene rings is 2. The second-order valence-corrected chi connectivity index (χ2v) is 15.4. The molecule has 0 amide bonds. The zero-order valence-corrected chi connectivity index (χ0v) is 30.2. The summed E-state index contributed by atoms with van der Waals surface area (Å²) in [5, 5.41) is 18.4. The fourth-order valence-electron chi connectivity index (χ4n) is 5.36. The van der Waals surface area contributed by atoms with Crippen molar-refractivity contribution in [3.05, 3.63) is 70.5 Å². The lowest BCUT2D eigenvalue weighted by atomic mass is 9.81. The van der Waals surface area contributed by atoms with Crippen molar-refractivity contribution < 1.29 is 62.6 Å². The largest absolute Gasteiger partial charge is 0.480 e. The molecule has 2 N–H and O–H groups in total. The fraction of sp³-hybridized carbons (Fsp3) is 0.467. The van der Waals surface area contributed by atoms with Gasteiger partial charge in [0.2, 0.25) is 10.0 Å². The minimum atomic E-state index is -4.80. The van der Waals surface area contributed by atoms with Crippen molar-refractivity contribution in [2.45, 2.75) is 70.4 Å². The van der Waals surface area contributed by atoms with Gasteiger partial charge in [0.15, 0.2) is 21.1 Å². The quantitative estimate of drug-likeness (QED) is 0.220. The number of carboxylic acids is 1. The Morgan fingerprint density at radius 1 is 0.962 bits per heavy atom. The van der Waals surface area contributed by atoms with Gasteiger partial charge < -0.3 is 9.84 Å². The Morgan fingerprint density at radius 3 is 2.08 bits per heavy atom. The summed E-state index contributed by atoms with van der Waals surface area (Å²) >= 11 is 0. The molecule has 2 aromatic carbocycles. The molecule has 0 radical (unpaired) electrons. The number of hydrogen-bond acceptors (Lipinski definition) is 11. The average Bonchev–Trinajstić information content (AvgIpc) is 3.61. The van der Waals surface area contributed by atoms with Gasteiger partial charge in [0.05, 0.1) is 51.6 Å². The number of esters is 1. The molecule has 0 spiro atoms. The summed E-state index contributed by atoms with van der Waals surface area (Å²) in [6.45, 7) is 8.85. The van der Waals surface area contributed by atoms with E-state index < -0.39 is 83.1 Å². The Hall–Kier alpha value is -4.12. The van der Waals surface area contributed by atoms with Crippen molar-refractivity contribution in [2.24, 2.45) is 0 Å². The van der Waals surface area contributed by atoms with Crippen LogP contribution in [0.15, 0.2) is 47.4 Å². The molecule has 0 saturated carbocycles. The van der Waals surface area contributed by atoms with E-state index in [-0.39, 0.29) is 36.0 Å². The predicted octanol–water partition coefficient (Wildman–Crippen LogP) is 4.35. The maximum absolute atomic E-state index is 13.5. The second-order valence-electron chi connectivity index (χ2n) is 11.1. The van der Waals surface area contributed by atoms with Crippen LogP contribution in [0.5, 0.6) is 0 Å². The number of sulfonamides is 1. The Balaban J connectivity index is 0.000000280. The third-order valence-electron chi connectivity index (χ3n) is 8.12. The highest BCUT2D eigenvalue weighted by molar-refractivity contribution is 7.91. The van der Waals surface area contributed by atoms with Crippen LogP contribution in [0, 0.1) is 6.92 Å². The number of hydrazine groups is 2. The van der Waals surface area contributed by atoms with Gasteiger partial charge in [-0.1, -0.05) is 41.8 Å². The van der Waals surface area contributed by atoms with E-state index in [9.17, 15) is 57.9 Å². The first-order valence-corrected chi connectivity index (χ1v) is 18.7. The first kappa shape index (κ1) is 42.3. The predicted molar refractivity (Wildman–Crippen MR) is 172 cm³/mol. The van der Waals surface area contributed by atoms with E-state index in [0.717, 1.165) is 35.0 Å². The summed E-state index contributed by atoms with van der Waals surface area (Å²) in [5.41, 5.74) is -2.84. The standard InChI is InChI=1S/C15H16F3N3O4S.C15H20F3N3O4S/c1-4-25-14(22)13-9(3)21(20-19-13)11-7-6-10(15(16,17)18)8-12(11)26(23,24)5-2;1-4-20-10(3)14(13(22)23,19-21(20)26(24,25)5-2)11-8-6-7-9-12(11)15(16,17)18/h6-8H,4-5H2,1-3H3;6-10,19H,4-5H2,1-3H3,(H,22,23). The molecule has 1 fully saturated rings. The van der Waals surface area contributed by atoms with Crippen LogP contribution >= 0.6 is 0 Å². The number of carbonyl (C=O) groups excluding carboxylic acids is 1. The number of aliphatic carboxylic acids is 1. The second kappa shape index (κ2) is 15.5. The summed E-state index contributed by atoms with van der Waals surface area (Å²) < 4.78 is 135. The van der Waals surface area contributed by atoms with E-state index in [0.29, 0.717) is 10.6 Å². The molecule has 1 aliphatic rings. The van der Waals surface area contributed by atoms with E-state index in [1.54, 1.807) is 13.8 Å². The number of aromatic nitrogens is 3. The molecular formula is C30H36F6N6O8S2. The van der Waals surface area contributed by atoms with E-state index in [2.05, 4.69) is 15.7 Å². The monoisotopic (exact) mass is 786 g/mol. The molecule has 52 heavy (non-hydrogen) atoms. The van der Waals surface area contributed by atoms with Crippen molar-refractivity contribution in [1.82, 2.24) is 30.0 Å². The molecule has 1 aromatic heterocycles. The molecule has 4 rings (SSSR count). The molecule has 2 atom stereocenters. The number of halogens is 6. The minimum Gasteiger partial charge on any atom is -0.480 e. The SMILES string of the molecule is CCN1C(C)C(C(=O)O)(c2ccccc2C(F)(F)F)NN1S(=O)(=O)CC.CCOC(=O)c1nnn(-c2ccc(C(F)(F)F)cc2S(=O)(=O)CC)c1C. The molecule has 0 aliphatic carbocycles. The number of alkyl halides is 6. The molecule has 14 nitrogen and oxygen atoms in total. The van der Waals surface area contributed by atoms with Gasteiger partial charge in [-0.25, -0.2) is 41.5 Å². The average molecular weight is 787 g/mol. The van der Waals surface area contributed by atoms with Gasteiger partial charge in [-0.3, -0.25) is 0 Å². The number of sulfone groups is 1. The minimum absolute atomic E-state index is 0.0800. The molecule has 1 saturated heterocycles. The van der Waals surface area contributed by atoms with Crippen LogP contribution in [0.1, 0.15) is 67.5 Å². The Labute approximate surface area is 295 Å². The van der Waals surface area contributed by atoms with E-state index in [1.807, 2.05) is 0 Å². The van der Waals surface area contributed by atoms with Gasteiger partial charge >= 0.3 is 24.3 Å². The zero-order chi connectivity index (χ0) is 39.6. The van der Waals surface area contributed by atoms with Gasteiger partial charge in [0, 0.05) is 6.54 Å². The van der Waals surface area contributed by atoms with Crippen LogP contribution in [0.4, 0.5) is 26.3 Å². The van der Waals surface area contributed by atoms with Crippen LogP contribution in [0.3, 0.4) is 0 Å². The lowest BCUT2D eigenvalue weighted by Gasteiger charge is -2.31. The number of carboxylic acid groups (broad SMARTS) is 1.